The van der Waals surface area contributed by atoms with Crippen LogP contribution in [0.25, 0.3) is 0 Å². The summed E-state index contributed by atoms with van der Waals surface area (Å²) in [4.78, 5) is 0. The van der Waals surface area contributed by atoms with E-state index in [1.165, 1.54) is 5.57 Å². The van der Waals surface area contributed by atoms with Gasteiger partial charge in [0.2, 0.25) is 0 Å². The van der Waals surface area contributed by atoms with Crippen molar-refractivity contribution >= 4 is 0 Å². The quantitative estimate of drug-likeness (QED) is 0.466. The first-order chi connectivity index (χ1) is 9.41. The van der Waals surface area contributed by atoms with Crippen LogP contribution in [0.3, 0.4) is 0 Å². The molecule has 0 aromatic heterocycles. The van der Waals surface area contributed by atoms with E-state index in [-0.39, 0.29) is 18.3 Å². The second-order valence-electron chi connectivity index (χ2n) is 6.93. The normalized spacial score (nSPS) is 47.8. The lowest BCUT2D eigenvalue weighted by Gasteiger charge is -2.36. The van der Waals surface area contributed by atoms with E-state index in [2.05, 4.69) is 0 Å². The third-order valence-electron chi connectivity index (χ3n) is 5.75. The van der Waals surface area contributed by atoms with Gasteiger partial charge >= 0.3 is 0 Å². The number of halogens is 4. The number of hydrogen-bond donors (Lipinski definition) is 0. The number of hydrogen-bond acceptors (Lipinski definition) is 0. The molecule has 0 N–H and O–H groups in total. The van der Waals surface area contributed by atoms with Gasteiger partial charge in [-0.05, 0) is 57.3 Å². The molecule has 0 aromatic rings. The molecule has 0 heterocycles. The summed E-state index contributed by atoms with van der Waals surface area (Å²) in [5.74, 6) is -5.58. The minimum Gasteiger partial charge on any atom is -0.244 e. The number of alkyl halides is 4. The molecule has 3 aliphatic rings. The maximum atomic E-state index is 14.6. The second kappa shape index (κ2) is 5.03. The van der Waals surface area contributed by atoms with Gasteiger partial charge < -0.3 is 0 Å². The molecule has 0 aromatic carbocycles. The molecule has 0 spiro atoms. The van der Waals surface area contributed by atoms with Gasteiger partial charge in [0, 0.05) is 5.92 Å². The SMILES string of the molecule is CC1=CCC(C2CC3CCC(F)C(F)C3C2(F)F)CC1. The van der Waals surface area contributed by atoms with E-state index in [9.17, 15) is 17.6 Å². The van der Waals surface area contributed by atoms with Crippen molar-refractivity contribution < 1.29 is 17.6 Å². The lowest BCUT2D eigenvalue weighted by atomic mass is 9.77. The highest BCUT2D eigenvalue weighted by Crippen LogP contribution is 2.58. The highest BCUT2D eigenvalue weighted by molar-refractivity contribution is 5.10. The fourth-order valence-electron chi connectivity index (χ4n) is 4.58. The van der Waals surface area contributed by atoms with E-state index in [1.54, 1.807) is 0 Å². The molecule has 20 heavy (non-hydrogen) atoms. The Kier molecular flexibility index (Phi) is 3.62. The molecule has 0 aliphatic heterocycles. The summed E-state index contributed by atoms with van der Waals surface area (Å²) in [5.41, 5.74) is 1.26. The van der Waals surface area contributed by atoms with Crippen LogP contribution in [0.1, 0.15) is 45.4 Å². The molecule has 4 heteroatoms. The van der Waals surface area contributed by atoms with E-state index < -0.39 is 30.1 Å². The van der Waals surface area contributed by atoms with E-state index in [0.717, 1.165) is 12.8 Å². The van der Waals surface area contributed by atoms with Crippen LogP contribution in [0.15, 0.2) is 11.6 Å². The molecule has 2 fully saturated rings. The van der Waals surface area contributed by atoms with Crippen LogP contribution in [0.4, 0.5) is 17.6 Å². The van der Waals surface area contributed by atoms with Gasteiger partial charge in [-0.15, -0.1) is 0 Å². The summed E-state index contributed by atoms with van der Waals surface area (Å²) in [7, 11) is 0. The Labute approximate surface area is 117 Å². The summed E-state index contributed by atoms with van der Waals surface area (Å²) < 4.78 is 56.7. The summed E-state index contributed by atoms with van der Waals surface area (Å²) in [6, 6.07) is 0. The molecule has 6 unspecified atom stereocenters. The minimum atomic E-state index is -3.04. The van der Waals surface area contributed by atoms with E-state index in [1.807, 2.05) is 13.0 Å². The Balaban J connectivity index is 1.81. The Morgan fingerprint density at radius 3 is 2.50 bits per heavy atom. The first-order valence-electron chi connectivity index (χ1n) is 7.73. The molecule has 0 radical (unpaired) electrons. The number of allylic oxidation sites excluding steroid dienone is 2. The van der Waals surface area contributed by atoms with Crippen molar-refractivity contribution in [3.05, 3.63) is 11.6 Å². The van der Waals surface area contributed by atoms with E-state index in [0.29, 0.717) is 19.3 Å². The van der Waals surface area contributed by atoms with Gasteiger partial charge in [-0.3, -0.25) is 0 Å². The average molecular weight is 290 g/mol. The van der Waals surface area contributed by atoms with Gasteiger partial charge in [-0.2, -0.15) is 0 Å². The molecule has 2 saturated carbocycles. The van der Waals surface area contributed by atoms with Crippen molar-refractivity contribution in [1.82, 2.24) is 0 Å². The summed E-state index contributed by atoms with van der Waals surface area (Å²) >= 11 is 0. The summed E-state index contributed by atoms with van der Waals surface area (Å²) in [6.07, 6.45) is 1.55. The van der Waals surface area contributed by atoms with Gasteiger partial charge in [-0.25, -0.2) is 17.6 Å². The maximum absolute atomic E-state index is 14.6. The second-order valence-corrected chi connectivity index (χ2v) is 6.93. The first-order valence-corrected chi connectivity index (χ1v) is 7.73. The third-order valence-corrected chi connectivity index (χ3v) is 5.75. The predicted molar refractivity (Wildman–Crippen MR) is 70.2 cm³/mol. The fraction of sp³-hybridized carbons (Fsp3) is 0.875. The minimum absolute atomic E-state index is 0.0652. The van der Waals surface area contributed by atoms with Crippen molar-refractivity contribution in [3.63, 3.8) is 0 Å². The van der Waals surface area contributed by atoms with Crippen molar-refractivity contribution in [1.29, 1.82) is 0 Å². The molecule has 0 bridgehead atoms. The standard InChI is InChI=1S/C16H22F4/c1-9-2-4-10(5-3-9)12-8-11-6-7-13(17)15(18)14(11)16(12,19)20/h2,10-15H,3-8H2,1H3. The number of rotatable bonds is 1. The maximum Gasteiger partial charge on any atom is 0.257 e. The largest absolute Gasteiger partial charge is 0.257 e. The average Bonchev–Trinajstić information content (AvgIpc) is 2.67. The van der Waals surface area contributed by atoms with E-state index in [4.69, 9.17) is 0 Å². The third kappa shape index (κ3) is 2.19. The zero-order chi connectivity index (χ0) is 14.5. The topological polar surface area (TPSA) is 0 Å². The lowest BCUT2D eigenvalue weighted by Crippen LogP contribution is -2.45. The Hall–Kier alpha value is -0.540. The predicted octanol–water partition coefficient (Wildman–Crippen LogP) is 5.09. The van der Waals surface area contributed by atoms with Gasteiger partial charge in [0.15, 0.2) is 0 Å². The van der Waals surface area contributed by atoms with Crippen LogP contribution in [0.2, 0.25) is 0 Å². The van der Waals surface area contributed by atoms with Gasteiger partial charge in [-0.1, -0.05) is 11.6 Å². The molecule has 3 rings (SSSR count). The van der Waals surface area contributed by atoms with Gasteiger partial charge in [0.1, 0.15) is 12.3 Å². The van der Waals surface area contributed by atoms with Crippen LogP contribution in [-0.4, -0.2) is 18.3 Å². The lowest BCUT2D eigenvalue weighted by molar-refractivity contribution is -0.137. The van der Waals surface area contributed by atoms with Crippen molar-refractivity contribution in [3.8, 4) is 0 Å². The van der Waals surface area contributed by atoms with Crippen LogP contribution in [0, 0.1) is 23.7 Å². The van der Waals surface area contributed by atoms with Crippen LogP contribution < -0.4 is 0 Å². The van der Waals surface area contributed by atoms with Gasteiger partial charge in [0.05, 0.1) is 5.92 Å². The van der Waals surface area contributed by atoms with Crippen LogP contribution in [0.5, 0.6) is 0 Å². The fourth-order valence-corrected chi connectivity index (χ4v) is 4.58. The van der Waals surface area contributed by atoms with Gasteiger partial charge in [0.25, 0.3) is 5.92 Å². The monoisotopic (exact) mass is 290 g/mol. The highest BCUT2D eigenvalue weighted by Gasteiger charge is 2.63. The zero-order valence-electron chi connectivity index (χ0n) is 11.8. The molecule has 6 atom stereocenters. The molecule has 114 valence electrons. The molecule has 0 saturated heterocycles. The van der Waals surface area contributed by atoms with Crippen molar-refractivity contribution in [2.75, 3.05) is 0 Å². The Morgan fingerprint density at radius 1 is 1.10 bits per heavy atom. The first kappa shape index (κ1) is 14.4. The number of fused-ring (bicyclic) bond motifs is 1. The van der Waals surface area contributed by atoms with E-state index >= 15 is 0 Å². The molecule has 0 amide bonds. The molecule has 3 aliphatic carbocycles. The molecule has 0 nitrogen and oxygen atoms in total. The molecular formula is C16H22F4. The molecular weight excluding hydrogens is 268 g/mol. The Morgan fingerprint density at radius 2 is 1.85 bits per heavy atom. The summed E-state index contributed by atoms with van der Waals surface area (Å²) in [6.45, 7) is 2.02. The van der Waals surface area contributed by atoms with Crippen molar-refractivity contribution in [2.45, 2.75) is 63.7 Å². The highest BCUT2D eigenvalue weighted by atomic mass is 19.3. The Bertz CT molecular complexity index is 403. The van der Waals surface area contributed by atoms with Crippen LogP contribution >= 0.6 is 0 Å². The van der Waals surface area contributed by atoms with Crippen LogP contribution in [-0.2, 0) is 0 Å². The zero-order valence-corrected chi connectivity index (χ0v) is 11.8. The van der Waals surface area contributed by atoms with Crippen molar-refractivity contribution in [2.24, 2.45) is 23.7 Å². The summed E-state index contributed by atoms with van der Waals surface area (Å²) in [5, 5.41) is 0. The smallest absolute Gasteiger partial charge is 0.244 e.